The van der Waals surface area contributed by atoms with Crippen LogP contribution in [0.2, 0.25) is 0 Å². The summed E-state index contributed by atoms with van der Waals surface area (Å²) in [5, 5.41) is 13.4. The van der Waals surface area contributed by atoms with Gasteiger partial charge in [-0.1, -0.05) is 0 Å². The number of aryl methyl sites for hydroxylation is 1. The van der Waals surface area contributed by atoms with Gasteiger partial charge in [0.1, 0.15) is 0 Å². The van der Waals surface area contributed by atoms with Crippen LogP contribution in [0, 0.1) is 6.92 Å². The molecule has 0 saturated heterocycles. The van der Waals surface area contributed by atoms with Crippen molar-refractivity contribution in [2.75, 3.05) is 0 Å². The fourth-order valence-electron chi connectivity index (χ4n) is 3.09. The van der Waals surface area contributed by atoms with Gasteiger partial charge in [0.2, 0.25) is 0 Å². The minimum Gasteiger partial charge on any atom is -0.388 e. The molecule has 0 radical (unpaired) electrons. The fraction of sp³-hybridized carbons (Fsp3) is 0.533. The summed E-state index contributed by atoms with van der Waals surface area (Å²) < 4.78 is 2.26. The standard InChI is InChI=1S/C15H18N2OS/c1-9-7-11-13(3-2-4-14(11)18)17(9)15-16-12(8-19-15)10-5-6-10/h7-8,10,14,18H,2-6H2,1H3. The molecule has 4 rings (SSSR count). The second kappa shape index (κ2) is 4.18. The second-order valence-corrected chi connectivity index (χ2v) is 6.60. The van der Waals surface area contributed by atoms with Crippen LogP contribution in [0.15, 0.2) is 11.4 Å². The van der Waals surface area contributed by atoms with Crippen LogP contribution >= 0.6 is 11.3 Å². The highest BCUT2D eigenvalue weighted by Crippen LogP contribution is 2.41. The van der Waals surface area contributed by atoms with Crippen LogP contribution in [0.25, 0.3) is 5.13 Å². The smallest absolute Gasteiger partial charge is 0.194 e. The minimum atomic E-state index is -0.286. The SMILES string of the molecule is Cc1cc2c(n1-c1nc(C3CC3)cs1)CCCC2O. The molecule has 0 aromatic carbocycles. The zero-order chi connectivity index (χ0) is 13.0. The molecule has 3 nitrogen and oxygen atoms in total. The Morgan fingerprint density at radius 3 is 3.00 bits per heavy atom. The zero-order valence-electron chi connectivity index (χ0n) is 11.1. The molecule has 1 atom stereocenters. The molecular formula is C15H18N2OS. The number of fused-ring (bicyclic) bond motifs is 1. The average molecular weight is 274 g/mol. The van der Waals surface area contributed by atoms with E-state index in [1.807, 2.05) is 0 Å². The largest absolute Gasteiger partial charge is 0.388 e. The van der Waals surface area contributed by atoms with Gasteiger partial charge < -0.3 is 5.11 Å². The van der Waals surface area contributed by atoms with Crippen LogP contribution in [0.3, 0.4) is 0 Å². The van der Waals surface area contributed by atoms with Crippen molar-refractivity contribution in [2.45, 2.75) is 51.0 Å². The van der Waals surface area contributed by atoms with E-state index in [9.17, 15) is 5.11 Å². The maximum absolute atomic E-state index is 10.1. The van der Waals surface area contributed by atoms with E-state index in [1.54, 1.807) is 11.3 Å². The Hall–Kier alpha value is -1.13. The average Bonchev–Trinajstić information content (AvgIpc) is 3.03. The van der Waals surface area contributed by atoms with Crippen molar-refractivity contribution < 1.29 is 5.11 Å². The molecular weight excluding hydrogens is 256 g/mol. The zero-order valence-corrected chi connectivity index (χ0v) is 11.9. The van der Waals surface area contributed by atoms with Crippen molar-refractivity contribution in [3.05, 3.63) is 34.1 Å². The first-order valence-corrected chi connectivity index (χ1v) is 7.97. The summed E-state index contributed by atoms with van der Waals surface area (Å²) in [6.45, 7) is 2.11. The van der Waals surface area contributed by atoms with Gasteiger partial charge in [0, 0.05) is 28.2 Å². The summed E-state index contributed by atoms with van der Waals surface area (Å²) in [6.07, 6.45) is 5.32. The minimum absolute atomic E-state index is 0.286. The van der Waals surface area contributed by atoms with Crippen molar-refractivity contribution in [3.8, 4) is 5.13 Å². The quantitative estimate of drug-likeness (QED) is 0.910. The summed E-state index contributed by atoms with van der Waals surface area (Å²) in [5.74, 6) is 0.710. The molecule has 1 N–H and O–H groups in total. The van der Waals surface area contributed by atoms with E-state index in [-0.39, 0.29) is 6.10 Å². The highest BCUT2D eigenvalue weighted by molar-refractivity contribution is 7.12. The topological polar surface area (TPSA) is 38.0 Å². The number of aliphatic hydroxyl groups is 1. The third-order valence-corrected chi connectivity index (χ3v) is 5.11. The Balaban J connectivity index is 1.81. The molecule has 1 fully saturated rings. The van der Waals surface area contributed by atoms with Crippen LogP contribution in [0.5, 0.6) is 0 Å². The lowest BCUT2D eigenvalue weighted by atomic mass is 9.95. The van der Waals surface area contributed by atoms with Crippen LogP contribution in [-0.2, 0) is 6.42 Å². The monoisotopic (exact) mass is 274 g/mol. The van der Waals surface area contributed by atoms with E-state index in [0.717, 1.165) is 30.0 Å². The Bertz CT molecular complexity index is 624. The third-order valence-electron chi connectivity index (χ3n) is 4.27. The first-order valence-electron chi connectivity index (χ1n) is 7.09. The molecule has 1 unspecified atom stereocenters. The third kappa shape index (κ3) is 1.85. The summed E-state index contributed by atoms with van der Waals surface area (Å²) in [4.78, 5) is 4.81. The lowest BCUT2D eigenvalue weighted by Gasteiger charge is -2.19. The Morgan fingerprint density at radius 2 is 2.21 bits per heavy atom. The molecule has 0 bridgehead atoms. The Kier molecular flexibility index (Phi) is 2.57. The molecule has 0 aliphatic heterocycles. The van der Waals surface area contributed by atoms with E-state index < -0.39 is 0 Å². The summed E-state index contributed by atoms with van der Waals surface area (Å²) in [5.41, 5.74) is 4.85. The van der Waals surface area contributed by atoms with Gasteiger partial charge in [-0.3, -0.25) is 4.57 Å². The lowest BCUT2D eigenvalue weighted by Crippen LogP contribution is -2.11. The summed E-state index contributed by atoms with van der Waals surface area (Å²) in [6, 6.07) is 2.14. The number of thiazole rings is 1. The van der Waals surface area contributed by atoms with Crippen LogP contribution in [-0.4, -0.2) is 14.7 Å². The van der Waals surface area contributed by atoms with Gasteiger partial charge in [0.05, 0.1) is 11.8 Å². The molecule has 2 aromatic heterocycles. The molecule has 1 saturated carbocycles. The molecule has 100 valence electrons. The Morgan fingerprint density at radius 1 is 1.37 bits per heavy atom. The van der Waals surface area contributed by atoms with Gasteiger partial charge >= 0.3 is 0 Å². The molecule has 2 heterocycles. The maximum Gasteiger partial charge on any atom is 0.194 e. The van der Waals surface area contributed by atoms with Gasteiger partial charge in [0.15, 0.2) is 5.13 Å². The number of aromatic nitrogens is 2. The highest BCUT2D eigenvalue weighted by atomic mass is 32.1. The molecule has 2 aromatic rings. The van der Waals surface area contributed by atoms with Crippen molar-refractivity contribution >= 4 is 11.3 Å². The first kappa shape index (κ1) is 11.7. The number of hydrogen-bond acceptors (Lipinski definition) is 3. The van der Waals surface area contributed by atoms with E-state index in [1.165, 1.54) is 29.9 Å². The highest BCUT2D eigenvalue weighted by Gasteiger charge is 2.28. The summed E-state index contributed by atoms with van der Waals surface area (Å²) >= 11 is 1.73. The van der Waals surface area contributed by atoms with Gasteiger partial charge in [-0.05, 0) is 45.1 Å². The van der Waals surface area contributed by atoms with Crippen LogP contribution in [0.4, 0.5) is 0 Å². The predicted molar refractivity (Wildman–Crippen MR) is 76.1 cm³/mol. The van der Waals surface area contributed by atoms with Gasteiger partial charge in [-0.2, -0.15) is 0 Å². The molecule has 2 aliphatic rings. The normalized spacial score (nSPS) is 22.5. The van der Waals surface area contributed by atoms with Crippen molar-refractivity contribution in [1.29, 1.82) is 0 Å². The van der Waals surface area contributed by atoms with E-state index in [0.29, 0.717) is 5.92 Å². The van der Waals surface area contributed by atoms with Gasteiger partial charge in [-0.25, -0.2) is 4.98 Å². The van der Waals surface area contributed by atoms with E-state index >= 15 is 0 Å². The number of nitrogens with zero attached hydrogens (tertiary/aromatic N) is 2. The Labute approximate surface area is 116 Å². The second-order valence-electron chi connectivity index (χ2n) is 5.76. The summed E-state index contributed by atoms with van der Waals surface area (Å²) in [7, 11) is 0. The van der Waals surface area contributed by atoms with Gasteiger partial charge in [-0.15, -0.1) is 11.3 Å². The number of rotatable bonds is 2. The van der Waals surface area contributed by atoms with Crippen molar-refractivity contribution in [3.63, 3.8) is 0 Å². The number of hydrogen-bond donors (Lipinski definition) is 1. The predicted octanol–water partition coefficient (Wildman–Crippen LogP) is 3.49. The van der Waals surface area contributed by atoms with Crippen LogP contribution < -0.4 is 0 Å². The maximum atomic E-state index is 10.1. The van der Waals surface area contributed by atoms with Gasteiger partial charge in [0.25, 0.3) is 0 Å². The number of aliphatic hydroxyl groups excluding tert-OH is 1. The molecule has 2 aliphatic carbocycles. The molecule has 19 heavy (non-hydrogen) atoms. The molecule has 0 amide bonds. The molecule has 4 heteroatoms. The van der Waals surface area contributed by atoms with Crippen molar-refractivity contribution in [2.24, 2.45) is 0 Å². The lowest BCUT2D eigenvalue weighted by molar-refractivity contribution is 0.156. The van der Waals surface area contributed by atoms with Crippen molar-refractivity contribution in [1.82, 2.24) is 9.55 Å². The fourth-order valence-corrected chi connectivity index (χ4v) is 4.08. The van der Waals surface area contributed by atoms with E-state index in [2.05, 4.69) is 22.9 Å². The van der Waals surface area contributed by atoms with Crippen LogP contribution in [0.1, 0.15) is 60.4 Å². The van der Waals surface area contributed by atoms with E-state index in [4.69, 9.17) is 4.98 Å². The first-order chi connectivity index (χ1) is 9.24. The molecule has 0 spiro atoms.